The number of alkyl halides is 3. The Balaban J connectivity index is 1.95. The fraction of sp³-hybridized carbons (Fsp3) is 0.133. The van der Waals surface area contributed by atoms with Gasteiger partial charge in [0.05, 0.1) is 20.8 Å². The van der Waals surface area contributed by atoms with E-state index in [-0.39, 0.29) is 0 Å². The maximum Gasteiger partial charge on any atom is 0.416 e. The Morgan fingerprint density at radius 3 is 2.59 bits per heavy atom. The molecule has 0 unspecified atom stereocenters. The van der Waals surface area contributed by atoms with Gasteiger partial charge in [0.25, 0.3) is 0 Å². The molecule has 2 N–H and O–H groups in total. The number of hydrogen-bond donors (Lipinski definition) is 1. The maximum atomic E-state index is 12.7. The van der Waals surface area contributed by atoms with Crippen molar-refractivity contribution in [3.05, 3.63) is 57.6 Å². The molecule has 0 amide bonds. The highest BCUT2D eigenvalue weighted by Gasteiger charge is 2.30. The van der Waals surface area contributed by atoms with Crippen LogP contribution in [0, 0.1) is 0 Å². The molecule has 1 aromatic heterocycles. The molecular weight excluding hydrogens is 333 g/mol. The molecular formula is C15H10ClF3N2S. The monoisotopic (exact) mass is 342 g/mol. The summed E-state index contributed by atoms with van der Waals surface area (Å²) >= 11 is 7.47. The lowest BCUT2D eigenvalue weighted by atomic mass is 10.1. The lowest BCUT2D eigenvalue weighted by molar-refractivity contribution is -0.137. The Kier molecular flexibility index (Phi) is 3.74. The van der Waals surface area contributed by atoms with Gasteiger partial charge in [-0.1, -0.05) is 17.7 Å². The van der Waals surface area contributed by atoms with Crippen molar-refractivity contribution in [3.63, 3.8) is 0 Å². The highest BCUT2D eigenvalue weighted by molar-refractivity contribution is 7.18. The first-order chi connectivity index (χ1) is 10.3. The standard InChI is InChI=1S/C15H10ClF3N2S/c16-11-7-10(20)3-1-8(11)5-14-21-12-6-9(15(17,18)19)2-4-13(12)22-14/h1-4,6-7H,5,20H2. The third-order valence-corrected chi connectivity index (χ3v) is 4.57. The van der Waals surface area contributed by atoms with Crippen LogP contribution in [0.4, 0.5) is 18.9 Å². The van der Waals surface area contributed by atoms with Crippen LogP contribution in [0.2, 0.25) is 5.02 Å². The van der Waals surface area contributed by atoms with Crippen molar-refractivity contribution >= 4 is 38.8 Å². The number of halogens is 4. The van der Waals surface area contributed by atoms with Crippen molar-refractivity contribution in [1.29, 1.82) is 0 Å². The number of thiazole rings is 1. The van der Waals surface area contributed by atoms with Crippen LogP contribution in [0.1, 0.15) is 16.1 Å². The molecule has 3 aromatic rings. The zero-order valence-corrected chi connectivity index (χ0v) is 12.7. The average molecular weight is 343 g/mol. The first-order valence-electron chi connectivity index (χ1n) is 6.33. The summed E-state index contributed by atoms with van der Waals surface area (Å²) in [5.74, 6) is 0. The highest BCUT2D eigenvalue weighted by Crippen LogP contribution is 2.33. The number of nitrogens with two attached hydrogens (primary N) is 1. The maximum absolute atomic E-state index is 12.7. The summed E-state index contributed by atoms with van der Waals surface area (Å²) < 4.78 is 38.8. The van der Waals surface area contributed by atoms with Crippen molar-refractivity contribution in [1.82, 2.24) is 4.98 Å². The smallest absolute Gasteiger partial charge is 0.399 e. The van der Waals surface area contributed by atoms with Crippen molar-refractivity contribution in [3.8, 4) is 0 Å². The lowest BCUT2D eigenvalue weighted by Gasteiger charge is -2.04. The van der Waals surface area contributed by atoms with Gasteiger partial charge in [-0.3, -0.25) is 0 Å². The Morgan fingerprint density at radius 1 is 1.14 bits per heavy atom. The van der Waals surface area contributed by atoms with Crippen LogP contribution in [-0.4, -0.2) is 4.98 Å². The fourth-order valence-corrected chi connectivity index (χ4v) is 3.32. The van der Waals surface area contributed by atoms with Gasteiger partial charge in [0.2, 0.25) is 0 Å². The molecule has 3 rings (SSSR count). The van der Waals surface area contributed by atoms with E-state index >= 15 is 0 Å². The largest absolute Gasteiger partial charge is 0.416 e. The Hall–Kier alpha value is -1.79. The van der Waals surface area contributed by atoms with E-state index in [0.717, 1.165) is 22.4 Å². The zero-order valence-electron chi connectivity index (χ0n) is 11.1. The molecule has 22 heavy (non-hydrogen) atoms. The van der Waals surface area contributed by atoms with Gasteiger partial charge in [-0.05, 0) is 35.9 Å². The number of fused-ring (bicyclic) bond motifs is 1. The minimum Gasteiger partial charge on any atom is -0.399 e. The van der Waals surface area contributed by atoms with E-state index in [1.807, 2.05) is 0 Å². The zero-order chi connectivity index (χ0) is 15.9. The number of nitrogen functional groups attached to an aromatic ring is 1. The average Bonchev–Trinajstić information content (AvgIpc) is 2.82. The molecule has 0 aliphatic rings. The van der Waals surface area contributed by atoms with E-state index in [9.17, 15) is 13.2 Å². The van der Waals surface area contributed by atoms with Gasteiger partial charge in [-0.25, -0.2) is 4.98 Å². The first kappa shape index (κ1) is 15.1. The number of hydrogen-bond acceptors (Lipinski definition) is 3. The molecule has 2 aromatic carbocycles. The van der Waals surface area contributed by atoms with Gasteiger partial charge >= 0.3 is 6.18 Å². The van der Waals surface area contributed by atoms with Crippen LogP contribution < -0.4 is 5.73 Å². The molecule has 0 spiro atoms. The molecule has 2 nitrogen and oxygen atoms in total. The number of aromatic nitrogens is 1. The van der Waals surface area contributed by atoms with Gasteiger partial charge < -0.3 is 5.73 Å². The molecule has 0 radical (unpaired) electrons. The second kappa shape index (κ2) is 5.44. The molecule has 0 bridgehead atoms. The van der Waals surface area contributed by atoms with E-state index in [2.05, 4.69) is 4.98 Å². The van der Waals surface area contributed by atoms with E-state index < -0.39 is 11.7 Å². The van der Waals surface area contributed by atoms with Gasteiger partial charge in [0.15, 0.2) is 0 Å². The van der Waals surface area contributed by atoms with Crippen molar-refractivity contribution in [2.45, 2.75) is 12.6 Å². The Labute approximate surface area is 133 Å². The lowest BCUT2D eigenvalue weighted by Crippen LogP contribution is -2.03. The molecule has 0 aliphatic carbocycles. The van der Waals surface area contributed by atoms with E-state index in [0.29, 0.717) is 27.7 Å². The van der Waals surface area contributed by atoms with Crippen LogP contribution in [0.15, 0.2) is 36.4 Å². The van der Waals surface area contributed by atoms with Gasteiger partial charge in [0.1, 0.15) is 0 Å². The quantitative estimate of drug-likeness (QED) is 0.655. The number of rotatable bonds is 2. The van der Waals surface area contributed by atoms with Crippen LogP contribution >= 0.6 is 22.9 Å². The summed E-state index contributed by atoms with van der Waals surface area (Å²) in [4.78, 5) is 4.27. The molecule has 0 aliphatic heterocycles. The predicted octanol–water partition coefficient (Wildman–Crippen LogP) is 5.14. The fourth-order valence-electron chi connectivity index (χ4n) is 2.10. The summed E-state index contributed by atoms with van der Waals surface area (Å²) in [6.45, 7) is 0. The van der Waals surface area contributed by atoms with Crippen molar-refractivity contribution in [2.24, 2.45) is 0 Å². The first-order valence-corrected chi connectivity index (χ1v) is 7.53. The van der Waals surface area contributed by atoms with Crippen LogP contribution in [-0.2, 0) is 12.6 Å². The minimum atomic E-state index is -4.36. The van der Waals surface area contributed by atoms with E-state index in [1.165, 1.54) is 17.4 Å². The van der Waals surface area contributed by atoms with Gasteiger partial charge in [-0.2, -0.15) is 13.2 Å². The van der Waals surface area contributed by atoms with Crippen molar-refractivity contribution in [2.75, 3.05) is 5.73 Å². The normalized spacial score (nSPS) is 12.0. The SMILES string of the molecule is Nc1ccc(Cc2nc3cc(C(F)(F)F)ccc3s2)c(Cl)c1. The summed E-state index contributed by atoms with van der Waals surface area (Å²) in [5.41, 5.74) is 6.69. The van der Waals surface area contributed by atoms with Crippen LogP contribution in [0.25, 0.3) is 10.2 Å². The van der Waals surface area contributed by atoms with Gasteiger partial charge in [-0.15, -0.1) is 11.3 Å². The van der Waals surface area contributed by atoms with Crippen LogP contribution in [0.3, 0.4) is 0 Å². The predicted molar refractivity (Wildman–Crippen MR) is 83.3 cm³/mol. The third-order valence-electron chi connectivity index (χ3n) is 3.18. The minimum absolute atomic E-state index is 0.349. The highest BCUT2D eigenvalue weighted by atomic mass is 35.5. The number of nitrogens with zero attached hydrogens (tertiary/aromatic N) is 1. The molecule has 0 atom stereocenters. The van der Waals surface area contributed by atoms with E-state index in [4.69, 9.17) is 17.3 Å². The summed E-state index contributed by atoms with van der Waals surface area (Å²) in [5, 5.41) is 1.23. The molecule has 0 saturated heterocycles. The molecule has 7 heteroatoms. The number of anilines is 1. The molecule has 0 saturated carbocycles. The summed E-state index contributed by atoms with van der Waals surface area (Å²) in [6, 6.07) is 8.76. The third kappa shape index (κ3) is 3.03. The Morgan fingerprint density at radius 2 is 1.91 bits per heavy atom. The summed E-state index contributed by atoms with van der Waals surface area (Å²) in [7, 11) is 0. The van der Waals surface area contributed by atoms with E-state index in [1.54, 1.807) is 18.2 Å². The summed E-state index contributed by atoms with van der Waals surface area (Å²) in [6.07, 6.45) is -3.90. The van der Waals surface area contributed by atoms with Gasteiger partial charge in [0, 0.05) is 17.1 Å². The van der Waals surface area contributed by atoms with Crippen LogP contribution in [0.5, 0.6) is 0 Å². The molecule has 0 fully saturated rings. The second-order valence-electron chi connectivity index (χ2n) is 4.82. The topological polar surface area (TPSA) is 38.9 Å². The van der Waals surface area contributed by atoms with Crippen molar-refractivity contribution < 1.29 is 13.2 Å². The molecule has 114 valence electrons. The number of benzene rings is 2. The molecule has 1 heterocycles. The second-order valence-corrected chi connectivity index (χ2v) is 6.34. The Bertz CT molecular complexity index is 842.